The highest BCUT2D eigenvalue weighted by Crippen LogP contribution is 2.25. The predicted octanol–water partition coefficient (Wildman–Crippen LogP) is -0.471. The smallest absolute Gasteiger partial charge is 0.303 e. The lowest BCUT2D eigenvalue weighted by atomic mass is 11.0. The second kappa shape index (κ2) is 4.42. The van der Waals surface area contributed by atoms with E-state index < -0.39 is 7.82 Å². The minimum absolute atomic E-state index is 0.398. The molecule has 0 fully saturated rings. The molecular weight excluding hydrogens is 196 g/mol. The molecule has 1 rings (SSSR count). The summed E-state index contributed by atoms with van der Waals surface area (Å²) < 4.78 is 8.88. The van der Waals surface area contributed by atoms with Crippen LogP contribution >= 0.6 is 19.4 Å². The number of nitrogens with zero attached hydrogens (tertiary/aromatic N) is 2. The van der Waals surface area contributed by atoms with Crippen LogP contribution in [-0.4, -0.2) is 30.1 Å². The summed E-state index contributed by atoms with van der Waals surface area (Å²) in [6.45, 7) is 0. The Morgan fingerprint density at radius 2 is 2.00 bits per heavy atom. The van der Waals surface area contributed by atoms with Crippen LogP contribution in [-0.2, 0) is 4.57 Å². The average molecular weight is 202 g/mol. The summed E-state index contributed by atoms with van der Waals surface area (Å²) in [4.78, 5) is 21.6. The molecule has 0 aliphatic heterocycles. The topological polar surface area (TPSA) is 119 Å². The molecule has 0 radical (unpaired) electrons. The van der Waals surface area contributed by atoms with Crippen molar-refractivity contribution in [2.75, 3.05) is 0 Å². The van der Waals surface area contributed by atoms with Gasteiger partial charge in [0.25, 0.3) is 0 Å². The second-order valence-corrected chi connectivity index (χ2v) is 2.72. The van der Waals surface area contributed by atoms with Gasteiger partial charge in [-0.2, -0.15) is 10.3 Å². The third-order valence-corrected chi connectivity index (χ3v) is 0.568. The number of hydrogen-bond donors (Lipinski definition) is 4. The van der Waals surface area contributed by atoms with Gasteiger partial charge >= 0.3 is 7.82 Å². The molecule has 7 nitrogen and oxygen atoms in total. The molecule has 11 heavy (non-hydrogen) atoms. The van der Waals surface area contributed by atoms with Crippen molar-refractivity contribution in [3.05, 3.63) is 11.3 Å². The van der Waals surface area contributed by atoms with E-state index in [2.05, 4.69) is 15.4 Å². The lowest BCUT2D eigenvalue weighted by Gasteiger charge is -1.82. The molecule has 1 aromatic heterocycles. The molecule has 0 aromatic carbocycles. The van der Waals surface area contributed by atoms with Crippen LogP contribution < -0.4 is 0 Å². The van der Waals surface area contributed by atoms with Gasteiger partial charge in [0.05, 0.1) is 6.20 Å². The molecule has 4 N–H and O–H groups in total. The first-order valence-electron chi connectivity index (χ1n) is 2.19. The van der Waals surface area contributed by atoms with E-state index in [1.807, 2.05) is 0 Å². The number of halogens is 1. The molecule has 0 atom stereocenters. The Morgan fingerprint density at radius 1 is 1.55 bits per heavy atom. The molecule has 0 saturated carbocycles. The fraction of sp³-hybridized carbons (Fsp3) is 0. The van der Waals surface area contributed by atoms with Crippen LogP contribution in [0.3, 0.4) is 0 Å². The number of nitrogens with one attached hydrogen (secondary N) is 1. The van der Waals surface area contributed by atoms with E-state index in [1.54, 1.807) is 0 Å². The zero-order valence-electron chi connectivity index (χ0n) is 5.05. The van der Waals surface area contributed by atoms with E-state index in [-0.39, 0.29) is 0 Å². The van der Waals surface area contributed by atoms with Gasteiger partial charge in [0.2, 0.25) is 0 Å². The fourth-order valence-electron chi connectivity index (χ4n) is 0.188. The summed E-state index contributed by atoms with van der Waals surface area (Å²) in [5.41, 5.74) is 0. The van der Waals surface area contributed by atoms with Crippen LogP contribution in [0.25, 0.3) is 0 Å². The third-order valence-electron chi connectivity index (χ3n) is 0.386. The van der Waals surface area contributed by atoms with Crippen molar-refractivity contribution in [3.8, 4) is 0 Å². The summed E-state index contributed by atoms with van der Waals surface area (Å²) in [7, 11) is -4.64. The minimum Gasteiger partial charge on any atom is -0.303 e. The molecule has 0 aliphatic carbocycles. The van der Waals surface area contributed by atoms with Gasteiger partial charge in [-0.3, -0.25) is 0 Å². The van der Waals surface area contributed by atoms with Gasteiger partial charge in [-0.25, -0.2) is 4.57 Å². The number of aromatic amines is 1. The van der Waals surface area contributed by atoms with Gasteiger partial charge in [-0.05, 0) is 0 Å². The summed E-state index contributed by atoms with van der Waals surface area (Å²) in [6, 6.07) is 0. The summed E-state index contributed by atoms with van der Waals surface area (Å²) in [5, 5.41) is 9.60. The van der Waals surface area contributed by atoms with E-state index in [1.165, 1.54) is 6.20 Å². The Balaban J connectivity index is 0.000000187. The van der Waals surface area contributed by atoms with E-state index in [4.69, 9.17) is 30.8 Å². The van der Waals surface area contributed by atoms with Gasteiger partial charge < -0.3 is 14.7 Å². The van der Waals surface area contributed by atoms with Crippen molar-refractivity contribution in [3.63, 3.8) is 0 Å². The maximum atomic E-state index is 8.88. The Labute approximate surface area is 66.3 Å². The fourth-order valence-corrected chi connectivity index (χ4v) is 0.274. The van der Waals surface area contributed by atoms with Crippen LogP contribution in [0.5, 0.6) is 0 Å². The average Bonchev–Trinajstić information content (AvgIpc) is 2.12. The first-order valence-corrected chi connectivity index (χ1v) is 4.13. The standard InChI is InChI=1S/C2H2ClN3.H3O4P/c3-2-1-4-6-5-2;1-5(2,3)4/h1H,(H,4,5,6);(H3,1,2,3,4). The highest BCUT2D eigenvalue weighted by atomic mass is 35.5. The highest BCUT2D eigenvalue weighted by molar-refractivity contribution is 7.45. The quantitative estimate of drug-likeness (QED) is 0.421. The molecule has 0 spiro atoms. The van der Waals surface area contributed by atoms with E-state index in [0.29, 0.717) is 5.15 Å². The molecule has 0 saturated heterocycles. The SMILES string of the molecule is Clc1cn[nH]n1.O=P(O)(O)O. The van der Waals surface area contributed by atoms with Gasteiger partial charge in [-0.15, -0.1) is 5.10 Å². The molecule has 1 heterocycles. The summed E-state index contributed by atoms with van der Waals surface area (Å²) >= 11 is 5.25. The highest BCUT2D eigenvalue weighted by Gasteiger charge is 2.00. The van der Waals surface area contributed by atoms with Crippen molar-refractivity contribution in [1.82, 2.24) is 15.4 Å². The number of aromatic nitrogens is 3. The van der Waals surface area contributed by atoms with E-state index in [9.17, 15) is 0 Å². The number of hydrogen-bond acceptors (Lipinski definition) is 3. The van der Waals surface area contributed by atoms with Gasteiger partial charge in [-0.1, -0.05) is 11.6 Å². The van der Waals surface area contributed by atoms with Crippen LogP contribution in [0.15, 0.2) is 6.20 Å². The summed E-state index contributed by atoms with van der Waals surface area (Å²) in [5.74, 6) is 0. The van der Waals surface area contributed by atoms with Gasteiger partial charge in [0.15, 0.2) is 5.15 Å². The maximum Gasteiger partial charge on any atom is 0.466 e. The summed E-state index contributed by atoms with van der Waals surface area (Å²) in [6.07, 6.45) is 1.43. The van der Waals surface area contributed by atoms with Gasteiger partial charge in [0, 0.05) is 0 Å². The zero-order chi connectivity index (χ0) is 8.91. The minimum atomic E-state index is -4.64. The second-order valence-electron chi connectivity index (χ2n) is 1.31. The molecule has 0 unspecified atom stereocenters. The number of rotatable bonds is 0. The normalized spacial score (nSPS) is 10.2. The van der Waals surface area contributed by atoms with Gasteiger partial charge in [0.1, 0.15) is 0 Å². The van der Waals surface area contributed by atoms with Crippen LogP contribution in [0, 0.1) is 0 Å². The molecule has 9 heteroatoms. The monoisotopic (exact) mass is 201 g/mol. The Morgan fingerprint density at radius 3 is 2.09 bits per heavy atom. The first kappa shape index (κ1) is 10.5. The lowest BCUT2D eigenvalue weighted by Crippen LogP contribution is -1.66. The Bertz CT molecular complexity index is 223. The first-order chi connectivity index (χ1) is 4.89. The van der Waals surface area contributed by atoms with Crippen LogP contribution in [0.1, 0.15) is 0 Å². The molecule has 0 bridgehead atoms. The van der Waals surface area contributed by atoms with E-state index >= 15 is 0 Å². The Kier molecular flexibility index (Phi) is 4.24. The van der Waals surface area contributed by atoms with Crippen molar-refractivity contribution in [1.29, 1.82) is 0 Å². The van der Waals surface area contributed by atoms with Crippen LogP contribution in [0.2, 0.25) is 5.15 Å². The Hall–Kier alpha value is -0.460. The molecule has 0 amide bonds. The maximum absolute atomic E-state index is 8.88. The molecule has 64 valence electrons. The van der Waals surface area contributed by atoms with Crippen LogP contribution in [0.4, 0.5) is 0 Å². The van der Waals surface area contributed by atoms with E-state index in [0.717, 1.165) is 0 Å². The molecule has 0 aliphatic rings. The van der Waals surface area contributed by atoms with Crippen molar-refractivity contribution in [2.24, 2.45) is 0 Å². The molecular formula is C2H5ClN3O4P. The molecule has 1 aromatic rings. The predicted molar refractivity (Wildman–Crippen MR) is 35.7 cm³/mol. The van der Waals surface area contributed by atoms with Crippen molar-refractivity contribution < 1.29 is 19.2 Å². The number of H-pyrrole nitrogens is 1. The lowest BCUT2D eigenvalue weighted by molar-refractivity contribution is 0.275. The van der Waals surface area contributed by atoms with Crippen molar-refractivity contribution >= 4 is 19.4 Å². The number of phosphoric acid groups is 1. The third kappa shape index (κ3) is 12.7. The van der Waals surface area contributed by atoms with Crippen molar-refractivity contribution in [2.45, 2.75) is 0 Å². The largest absolute Gasteiger partial charge is 0.466 e. The zero-order valence-corrected chi connectivity index (χ0v) is 6.70.